The molecule has 1 saturated carbocycles. The van der Waals surface area contributed by atoms with E-state index in [0.29, 0.717) is 34.3 Å². The van der Waals surface area contributed by atoms with E-state index in [1.165, 1.54) is 5.56 Å². The van der Waals surface area contributed by atoms with Gasteiger partial charge in [0.2, 0.25) is 6.61 Å². The summed E-state index contributed by atoms with van der Waals surface area (Å²) in [5, 5.41) is 16.7. The number of nitrogens with one attached hydrogen (secondary N) is 1. The summed E-state index contributed by atoms with van der Waals surface area (Å²) in [6, 6.07) is 20.1. The molecule has 3 aromatic carbocycles. The molecular weight excluding hydrogens is 506 g/mol. The topological polar surface area (TPSA) is 100 Å². The van der Waals surface area contributed by atoms with Crippen LogP contribution in [0.2, 0.25) is 5.02 Å². The average molecular weight is 534 g/mol. The lowest BCUT2D eigenvalue weighted by atomic mass is 9.99. The number of carboxylic acid groups (broad SMARTS) is 1. The largest absolute Gasteiger partial charge is 0.497 e. The number of rotatable bonds is 9. The Labute approximate surface area is 225 Å². The number of hydrogen-bond donors (Lipinski definition) is 2. The number of anilines is 2. The Kier molecular flexibility index (Phi) is 6.99. The van der Waals surface area contributed by atoms with Crippen molar-refractivity contribution in [3.05, 3.63) is 88.4 Å². The highest BCUT2D eigenvalue weighted by Gasteiger charge is 2.53. The second-order valence-electron chi connectivity index (χ2n) is 9.64. The standard InChI is InChI=1S/C29H28ClN3O5/c1-18(32-38-16-26(34)35)20-13-22(15-23(14-20)37-2)31-27(19-7-9-21(30)10-8-19)28(36)33-17-29(11-12-29)24-5-3-4-6-25(24)33/h3-10,13-15,27,31H,11-12,16-17H2,1-2H3,(H,34,35). The molecule has 1 spiro atoms. The fourth-order valence-corrected chi connectivity index (χ4v) is 5.04. The molecule has 0 aromatic heterocycles. The highest BCUT2D eigenvalue weighted by molar-refractivity contribution is 6.30. The van der Waals surface area contributed by atoms with Crippen LogP contribution in [0.3, 0.4) is 0 Å². The van der Waals surface area contributed by atoms with Crippen molar-refractivity contribution in [2.45, 2.75) is 31.2 Å². The van der Waals surface area contributed by atoms with Gasteiger partial charge in [-0.05, 0) is 61.2 Å². The molecule has 38 heavy (non-hydrogen) atoms. The van der Waals surface area contributed by atoms with E-state index in [1.807, 2.05) is 41.3 Å². The van der Waals surface area contributed by atoms with Crippen molar-refractivity contribution in [3.63, 3.8) is 0 Å². The van der Waals surface area contributed by atoms with E-state index in [-0.39, 0.29) is 11.3 Å². The van der Waals surface area contributed by atoms with Gasteiger partial charge in [0.05, 0.1) is 12.8 Å². The third kappa shape index (κ3) is 5.17. The highest BCUT2D eigenvalue weighted by Crippen LogP contribution is 2.56. The van der Waals surface area contributed by atoms with Crippen molar-refractivity contribution < 1.29 is 24.3 Å². The number of carbonyl (C=O) groups is 2. The molecule has 2 aliphatic rings. The van der Waals surface area contributed by atoms with Crippen LogP contribution < -0.4 is 15.0 Å². The van der Waals surface area contributed by atoms with Crippen molar-refractivity contribution in [3.8, 4) is 5.75 Å². The number of aliphatic carboxylic acids is 1. The Hall–Kier alpha value is -4.04. The number of halogens is 1. The number of ether oxygens (including phenoxy) is 1. The minimum Gasteiger partial charge on any atom is -0.497 e. The van der Waals surface area contributed by atoms with Gasteiger partial charge >= 0.3 is 5.97 Å². The van der Waals surface area contributed by atoms with Gasteiger partial charge in [0.25, 0.3) is 5.91 Å². The van der Waals surface area contributed by atoms with Crippen molar-refractivity contribution >= 4 is 40.6 Å². The molecule has 9 heteroatoms. The van der Waals surface area contributed by atoms with Gasteiger partial charge in [0, 0.05) is 40.0 Å². The first-order chi connectivity index (χ1) is 18.3. The second-order valence-corrected chi connectivity index (χ2v) is 10.1. The van der Waals surface area contributed by atoms with Crippen molar-refractivity contribution in [2.75, 3.05) is 30.5 Å². The number of para-hydroxylation sites is 1. The summed E-state index contributed by atoms with van der Waals surface area (Å²) in [7, 11) is 1.55. The summed E-state index contributed by atoms with van der Waals surface area (Å²) < 4.78 is 5.49. The van der Waals surface area contributed by atoms with Gasteiger partial charge in [-0.3, -0.25) is 4.79 Å². The van der Waals surface area contributed by atoms with E-state index >= 15 is 0 Å². The highest BCUT2D eigenvalue weighted by atomic mass is 35.5. The molecule has 5 rings (SSSR count). The number of fused-ring (bicyclic) bond motifs is 2. The fourth-order valence-electron chi connectivity index (χ4n) is 4.92. The van der Waals surface area contributed by atoms with Crippen LogP contribution in [0.25, 0.3) is 0 Å². The Bertz CT molecular complexity index is 1400. The summed E-state index contributed by atoms with van der Waals surface area (Å²) in [4.78, 5) is 31.8. The number of oxime groups is 1. The van der Waals surface area contributed by atoms with Crippen LogP contribution in [0, 0.1) is 0 Å². The first-order valence-corrected chi connectivity index (χ1v) is 12.7. The molecule has 1 unspecified atom stereocenters. The van der Waals surface area contributed by atoms with Crippen LogP contribution in [0.5, 0.6) is 5.75 Å². The third-order valence-corrected chi connectivity index (χ3v) is 7.31. The Morgan fingerprint density at radius 3 is 2.55 bits per heavy atom. The molecule has 196 valence electrons. The van der Waals surface area contributed by atoms with E-state index in [9.17, 15) is 9.59 Å². The van der Waals surface area contributed by atoms with Gasteiger partial charge in [-0.2, -0.15) is 0 Å². The van der Waals surface area contributed by atoms with Crippen LogP contribution in [-0.2, 0) is 19.8 Å². The van der Waals surface area contributed by atoms with Gasteiger partial charge in [0.15, 0.2) is 0 Å². The smallest absolute Gasteiger partial charge is 0.344 e. The minimum atomic E-state index is -1.12. The first-order valence-electron chi connectivity index (χ1n) is 12.3. The maximum absolute atomic E-state index is 14.2. The maximum Gasteiger partial charge on any atom is 0.344 e. The number of carbonyl (C=O) groups excluding carboxylic acids is 1. The van der Waals surface area contributed by atoms with Gasteiger partial charge in [-0.1, -0.05) is 47.1 Å². The summed E-state index contributed by atoms with van der Waals surface area (Å²) in [5.74, 6) is -0.637. The minimum absolute atomic E-state index is 0.0590. The molecular formula is C29H28ClN3O5. The number of hydrogen-bond acceptors (Lipinski definition) is 6. The Balaban J connectivity index is 1.49. The van der Waals surface area contributed by atoms with E-state index in [2.05, 4.69) is 16.5 Å². The molecule has 1 amide bonds. The second kappa shape index (κ2) is 10.4. The number of nitrogens with zero attached hydrogens (tertiary/aromatic N) is 2. The number of methoxy groups -OCH3 is 1. The van der Waals surface area contributed by atoms with Crippen molar-refractivity contribution in [1.29, 1.82) is 0 Å². The predicted octanol–water partition coefficient (Wildman–Crippen LogP) is 5.41. The molecule has 2 N–H and O–H groups in total. The van der Waals surface area contributed by atoms with Crippen molar-refractivity contribution in [1.82, 2.24) is 0 Å². The number of benzene rings is 3. The van der Waals surface area contributed by atoms with Crippen LogP contribution in [0.1, 0.15) is 42.5 Å². The zero-order valence-corrected chi connectivity index (χ0v) is 21.9. The average Bonchev–Trinajstić information content (AvgIpc) is 3.63. The van der Waals surface area contributed by atoms with Gasteiger partial charge in [0.1, 0.15) is 11.8 Å². The lowest BCUT2D eigenvalue weighted by Gasteiger charge is -2.27. The van der Waals surface area contributed by atoms with Gasteiger partial charge in [-0.15, -0.1) is 0 Å². The van der Waals surface area contributed by atoms with E-state index in [1.54, 1.807) is 38.3 Å². The normalized spacial score (nSPS) is 16.1. The van der Waals surface area contributed by atoms with E-state index in [0.717, 1.165) is 24.1 Å². The van der Waals surface area contributed by atoms with Crippen LogP contribution >= 0.6 is 11.6 Å². The molecule has 3 aromatic rings. The Morgan fingerprint density at radius 1 is 1.13 bits per heavy atom. The fraction of sp³-hybridized carbons (Fsp3) is 0.276. The molecule has 1 atom stereocenters. The van der Waals surface area contributed by atoms with Crippen LogP contribution in [-0.4, -0.2) is 43.0 Å². The lowest BCUT2D eigenvalue weighted by molar-refractivity contribution is -0.142. The third-order valence-electron chi connectivity index (χ3n) is 7.06. The summed E-state index contributed by atoms with van der Waals surface area (Å²) in [6.07, 6.45) is 2.16. The molecule has 1 aliphatic heterocycles. The van der Waals surface area contributed by atoms with E-state index < -0.39 is 18.6 Å². The molecule has 1 fully saturated rings. The summed E-state index contributed by atoms with van der Waals surface area (Å²) >= 11 is 6.16. The first kappa shape index (κ1) is 25.6. The SMILES string of the molecule is COc1cc(NC(C(=O)N2CC3(CC3)c3ccccc32)c2ccc(Cl)cc2)cc(C(C)=NOCC(=O)O)c1. The zero-order chi connectivity index (χ0) is 26.9. The molecule has 8 nitrogen and oxygen atoms in total. The monoisotopic (exact) mass is 533 g/mol. The number of amides is 1. The lowest BCUT2D eigenvalue weighted by Crippen LogP contribution is -2.38. The van der Waals surface area contributed by atoms with Gasteiger partial charge in [-0.25, -0.2) is 4.79 Å². The van der Waals surface area contributed by atoms with Gasteiger partial charge < -0.3 is 24.9 Å². The molecule has 1 heterocycles. The molecule has 0 bridgehead atoms. The van der Waals surface area contributed by atoms with Crippen LogP contribution in [0.15, 0.2) is 71.9 Å². The zero-order valence-electron chi connectivity index (χ0n) is 21.1. The summed E-state index contributed by atoms with van der Waals surface area (Å²) in [5.41, 5.74) is 4.78. The number of carboxylic acids is 1. The van der Waals surface area contributed by atoms with E-state index in [4.69, 9.17) is 26.3 Å². The summed E-state index contributed by atoms with van der Waals surface area (Å²) in [6.45, 7) is 1.82. The quantitative estimate of drug-likeness (QED) is 0.282. The van der Waals surface area contributed by atoms with Crippen molar-refractivity contribution in [2.24, 2.45) is 5.16 Å². The predicted molar refractivity (Wildman–Crippen MR) is 146 cm³/mol. The van der Waals surface area contributed by atoms with Crippen LogP contribution in [0.4, 0.5) is 11.4 Å². The molecule has 1 aliphatic carbocycles. The molecule has 0 saturated heterocycles. The Morgan fingerprint density at radius 2 is 1.87 bits per heavy atom. The maximum atomic E-state index is 14.2. The molecule has 0 radical (unpaired) electrons.